The molecule has 3 unspecified atom stereocenters. The monoisotopic (exact) mass is 264 g/mol. The summed E-state index contributed by atoms with van der Waals surface area (Å²) < 4.78 is 0. The van der Waals surface area contributed by atoms with Gasteiger partial charge in [0.05, 0.1) is 0 Å². The lowest BCUT2D eigenvalue weighted by Gasteiger charge is -2.50. The van der Waals surface area contributed by atoms with Crippen molar-refractivity contribution in [3.63, 3.8) is 0 Å². The van der Waals surface area contributed by atoms with Crippen LogP contribution in [0.4, 0.5) is 0 Å². The molecule has 2 saturated carbocycles. The SMILES string of the molecule is CC1(C)CN(C2C3(C)CCC(C3)C2(C)C)CCCN1. The molecule has 19 heavy (non-hydrogen) atoms. The summed E-state index contributed by atoms with van der Waals surface area (Å²) in [6.45, 7) is 16.1. The predicted octanol–water partition coefficient (Wildman–Crippen LogP) is 3.28. The molecule has 0 aromatic carbocycles. The van der Waals surface area contributed by atoms with Gasteiger partial charge in [-0.05, 0) is 69.4 Å². The van der Waals surface area contributed by atoms with Crippen molar-refractivity contribution in [1.29, 1.82) is 0 Å². The summed E-state index contributed by atoms with van der Waals surface area (Å²) in [6.07, 6.45) is 5.69. The Morgan fingerprint density at radius 3 is 2.47 bits per heavy atom. The molecule has 0 spiro atoms. The van der Waals surface area contributed by atoms with Gasteiger partial charge in [0, 0.05) is 18.1 Å². The molecule has 1 saturated heterocycles. The fourth-order valence-electron chi connectivity index (χ4n) is 5.76. The Morgan fingerprint density at radius 2 is 1.84 bits per heavy atom. The molecule has 2 aliphatic carbocycles. The van der Waals surface area contributed by atoms with E-state index in [0.717, 1.165) is 12.0 Å². The molecule has 0 radical (unpaired) electrons. The highest BCUT2D eigenvalue weighted by Crippen LogP contribution is 2.64. The van der Waals surface area contributed by atoms with Crippen LogP contribution in [0.25, 0.3) is 0 Å². The Morgan fingerprint density at radius 1 is 1.11 bits per heavy atom. The summed E-state index contributed by atoms with van der Waals surface area (Å²) in [5, 5.41) is 3.72. The average molecular weight is 264 g/mol. The second-order valence-corrected chi connectivity index (χ2v) is 8.95. The summed E-state index contributed by atoms with van der Waals surface area (Å²) in [5.74, 6) is 0.960. The minimum absolute atomic E-state index is 0.269. The van der Waals surface area contributed by atoms with E-state index in [1.807, 2.05) is 0 Å². The highest BCUT2D eigenvalue weighted by molar-refractivity contribution is 5.13. The van der Waals surface area contributed by atoms with Crippen molar-refractivity contribution in [2.45, 2.75) is 71.9 Å². The smallest absolute Gasteiger partial charge is 0.0252 e. The molecule has 3 atom stereocenters. The lowest BCUT2D eigenvalue weighted by molar-refractivity contribution is -0.00275. The van der Waals surface area contributed by atoms with E-state index in [0.29, 0.717) is 10.8 Å². The van der Waals surface area contributed by atoms with E-state index in [9.17, 15) is 0 Å². The van der Waals surface area contributed by atoms with E-state index in [-0.39, 0.29) is 5.54 Å². The molecule has 1 heterocycles. The third-order valence-corrected chi connectivity index (χ3v) is 6.38. The molecule has 2 bridgehead atoms. The largest absolute Gasteiger partial charge is 0.310 e. The number of nitrogens with one attached hydrogen (secondary N) is 1. The van der Waals surface area contributed by atoms with E-state index in [1.165, 1.54) is 45.3 Å². The van der Waals surface area contributed by atoms with Gasteiger partial charge in [-0.1, -0.05) is 20.8 Å². The highest BCUT2D eigenvalue weighted by Gasteiger charge is 2.61. The minimum atomic E-state index is 0.269. The van der Waals surface area contributed by atoms with E-state index in [4.69, 9.17) is 0 Å². The zero-order valence-corrected chi connectivity index (χ0v) is 13.6. The third-order valence-electron chi connectivity index (χ3n) is 6.38. The van der Waals surface area contributed by atoms with E-state index < -0.39 is 0 Å². The first-order chi connectivity index (χ1) is 8.75. The summed E-state index contributed by atoms with van der Waals surface area (Å²) >= 11 is 0. The zero-order valence-electron chi connectivity index (χ0n) is 13.6. The van der Waals surface area contributed by atoms with Gasteiger partial charge in [0.25, 0.3) is 0 Å². The molecule has 3 rings (SSSR count). The van der Waals surface area contributed by atoms with Crippen molar-refractivity contribution in [2.75, 3.05) is 19.6 Å². The summed E-state index contributed by atoms with van der Waals surface area (Å²) in [4.78, 5) is 2.85. The quantitative estimate of drug-likeness (QED) is 0.782. The van der Waals surface area contributed by atoms with Crippen molar-refractivity contribution >= 4 is 0 Å². The molecule has 3 fully saturated rings. The summed E-state index contributed by atoms with van der Waals surface area (Å²) in [7, 11) is 0. The van der Waals surface area contributed by atoms with Gasteiger partial charge >= 0.3 is 0 Å². The van der Waals surface area contributed by atoms with Crippen LogP contribution in [0.1, 0.15) is 60.3 Å². The fourth-order valence-corrected chi connectivity index (χ4v) is 5.76. The number of fused-ring (bicyclic) bond motifs is 2. The molecular weight excluding hydrogens is 232 g/mol. The Balaban J connectivity index is 1.88. The zero-order chi connectivity index (χ0) is 13.9. The molecule has 3 aliphatic rings. The van der Waals surface area contributed by atoms with E-state index in [1.54, 1.807) is 0 Å². The lowest BCUT2D eigenvalue weighted by Crippen LogP contribution is -2.57. The number of hydrogen-bond acceptors (Lipinski definition) is 2. The van der Waals surface area contributed by atoms with Crippen LogP contribution in [-0.4, -0.2) is 36.1 Å². The van der Waals surface area contributed by atoms with Crippen molar-refractivity contribution in [1.82, 2.24) is 10.2 Å². The Hall–Kier alpha value is -0.0800. The molecule has 110 valence electrons. The number of rotatable bonds is 1. The van der Waals surface area contributed by atoms with Crippen LogP contribution in [0.3, 0.4) is 0 Å². The van der Waals surface area contributed by atoms with Crippen molar-refractivity contribution in [3.05, 3.63) is 0 Å². The minimum Gasteiger partial charge on any atom is -0.310 e. The van der Waals surface area contributed by atoms with Gasteiger partial charge in [-0.15, -0.1) is 0 Å². The van der Waals surface area contributed by atoms with Gasteiger partial charge in [0.2, 0.25) is 0 Å². The predicted molar refractivity (Wildman–Crippen MR) is 81.3 cm³/mol. The standard InChI is InChI=1S/C17H32N2/c1-15(2)12-19(10-6-9-18-15)14-16(3,4)13-7-8-17(14,5)11-13/h13-14,18H,6-12H2,1-5H3. The number of nitrogens with zero attached hydrogens (tertiary/aromatic N) is 1. The molecular formula is C17H32N2. The first kappa shape index (κ1) is 13.9. The Labute approximate surface area is 119 Å². The first-order valence-electron chi connectivity index (χ1n) is 8.24. The molecule has 0 aromatic rings. The Bertz CT molecular complexity index is 356. The van der Waals surface area contributed by atoms with E-state index >= 15 is 0 Å². The van der Waals surface area contributed by atoms with Crippen LogP contribution in [0.5, 0.6) is 0 Å². The molecule has 2 heteroatoms. The third kappa shape index (κ3) is 2.15. The topological polar surface area (TPSA) is 15.3 Å². The van der Waals surface area contributed by atoms with Gasteiger partial charge in [0.15, 0.2) is 0 Å². The van der Waals surface area contributed by atoms with Crippen LogP contribution >= 0.6 is 0 Å². The molecule has 0 aromatic heterocycles. The normalized spacial score (nSPS) is 45.3. The van der Waals surface area contributed by atoms with Crippen LogP contribution in [0, 0.1) is 16.7 Å². The first-order valence-corrected chi connectivity index (χ1v) is 8.24. The van der Waals surface area contributed by atoms with Crippen LogP contribution in [-0.2, 0) is 0 Å². The van der Waals surface area contributed by atoms with Crippen LogP contribution in [0.2, 0.25) is 0 Å². The van der Waals surface area contributed by atoms with Gasteiger partial charge in [-0.25, -0.2) is 0 Å². The average Bonchev–Trinajstić information content (AvgIpc) is 2.67. The van der Waals surface area contributed by atoms with Crippen molar-refractivity contribution in [2.24, 2.45) is 16.7 Å². The Kier molecular flexibility index (Phi) is 3.07. The number of hydrogen-bond donors (Lipinski definition) is 1. The second kappa shape index (κ2) is 4.21. The summed E-state index contributed by atoms with van der Waals surface area (Å²) in [5.41, 5.74) is 1.35. The molecule has 1 N–H and O–H groups in total. The molecule has 1 aliphatic heterocycles. The van der Waals surface area contributed by atoms with Crippen molar-refractivity contribution in [3.8, 4) is 0 Å². The lowest BCUT2D eigenvalue weighted by atomic mass is 9.67. The van der Waals surface area contributed by atoms with Crippen LogP contribution in [0.15, 0.2) is 0 Å². The van der Waals surface area contributed by atoms with Gasteiger partial charge in [0.1, 0.15) is 0 Å². The van der Waals surface area contributed by atoms with Crippen LogP contribution < -0.4 is 5.32 Å². The van der Waals surface area contributed by atoms with Gasteiger partial charge < -0.3 is 5.32 Å². The van der Waals surface area contributed by atoms with E-state index in [2.05, 4.69) is 44.8 Å². The molecule has 2 nitrogen and oxygen atoms in total. The maximum absolute atomic E-state index is 3.72. The second-order valence-electron chi connectivity index (χ2n) is 8.95. The van der Waals surface area contributed by atoms with Gasteiger partial charge in [-0.2, -0.15) is 0 Å². The highest BCUT2D eigenvalue weighted by atomic mass is 15.2. The van der Waals surface area contributed by atoms with Crippen molar-refractivity contribution < 1.29 is 0 Å². The van der Waals surface area contributed by atoms with Gasteiger partial charge in [-0.3, -0.25) is 4.90 Å². The maximum Gasteiger partial charge on any atom is 0.0252 e. The molecule has 0 amide bonds. The fraction of sp³-hybridized carbons (Fsp3) is 1.00. The maximum atomic E-state index is 3.72. The summed E-state index contributed by atoms with van der Waals surface area (Å²) in [6, 6.07) is 0.790.